The fraction of sp³-hybridized carbons (Fsp3) is 0.645. The lowest BCUT2D eigenvalue weighted by Gasteiger charge is -2.60. The molecule has 0 radical (unpaired) electrons. The summed E-state index contributed by atoms with van der Waals surface area (Å²) in [5.74, 6) is 0.707. The average molecular weight is 536 g/mol. The second-order valence-corrected chi connectivity index (χ2v) is 14.7. The molecule has 0 aromatic carbocycles. The normalized spacial score (nSPS) is 38.0. The van der Waals surface area contributed by atoms with Gasteiger partial charge in [0.05, 0.1) is 34.3 Å². The quantitative estimate of drug-likeness (QED) is 0.518. The number of hydrogen-bond donors (Lipinski definition) is 2. The molecule has 3 saturated carbocycles. The molecule has 0 spiro atoms. The predicted molar refractivity (Wildman–Crippen MR) is 150 cm³/mol. The number of hydrogen-bond acceptors (Lipinski definition) is 6. The zero-order chi connectivity index (χ0) is 27.1. The number of Topliss-reactive ketones (excluding diaryl/α,β-unsaturated/α-hetero) is 1. The van der Waals surface area contributed by atoms with Gasteiger partial charge in [0.2, 0.25) is 0 Å². The molecule has 7 atom stereocenters. The third-order valence-electron chi connectivity index (χ3n) is 10.7. The topological polar surface area (TPSA) is 88.2 Å². The summed E-state index contributed by atoms with van der Waals surface area (Å²) in [5, 5.41) is 29.4. The molecule has 204 valence electrons. The third-order valence-corrected chi connectivity index (χ3v) is 11.6. The summed E-state index contributed by atoms with van der Waals surface area (Å²) in [6, 6.07) is 5.66. The highest BCUT2D eigenvalue weighted by atomic mass is 32.2. The maximum Gasteiger partial charge on any atom is 0.175 e. The fourth-order valence-corrected chi connectivity index (χ4v) is 9.70. The molecule has 2 heterocycles. The van der Waals surface area contributed by atoms with Gasteiger partial charge < -0.3 is 10.2 Å². The Labute approximate surface area is 230 Å². The number of thioether (sulfide) groups is 1. The van der Waals surface area contributed by atoms with Gasteiger partial charge in [0.25, 0.3) is 0 Å². The molecule has 3 fully saturated rings. The SMILES string of the molecule is CC12Cc3cnn(C(C)(C)C)c3C=C1CCC1C2[C@@H](O)CC2(C)C1CC[C@]2(O)C(=O)CSc1ccccn1. The predicted octanol–water partition coefficient (Wildman–Crippen LogP) is 5.28. The minimum absolute atomic E-state index is 0.0859. The van der Waals surface area contributed by atoms with E-state index in [0.717, 1.165) is 30.7 Å². The van der Waals surface area contributed by atoms with E-state index in [1.165, 1.54) is 28.6 Å². The smallest absolute Gasteiger partial charge is 0.175 e. The number of rotatable bonds is 4. The summed E-state index contributed by atoms with van der Waals surface area (Å²) >= 11 is 1.39. The van der Waals surface area contributed by atoms with Crippen molar-refractivity contribution in [1.29, 1.82) is 0 Å². The van der Waals surface area contributed by atoms with Crippen LogP contribution in [0.15, 0.2) is 41.2 Å². The Bertz CT molecular complexity index is 1280. The number of aromatic nitrogens is 3. The maximum absolute atomic E-state index is 13.6. The fourth-order valence-electron chi connectivity index (χ4n) is 8.87. The summed E-state index contributed by atoms with van der Waals surface area (Å²) < 4.78 is 2.14. The van der Waals surface area contributed by atoms with E-state index >= 15 is 0 Å². The number of ketones is 1. The van der Waals surface area contributed by atoms with E-state index < -0.39 is 17.1 Å². The molecule has 0 aliphatic heterocycles. The highest BCUT2D eigenvalue weighted by Crippen LogP contribution is 2.67. The highest BCUT2D eigenvalue weighted by Gasteiger charge is 2.68. The minimum atomic E-state index is -1.41. The molecular weight excluding hydrogens is 494 g/mol. The second-order valence-electron chi connectivity index (χ2n) is 13.7. The molecule has 4 aliphatic rings. The summed E-state index contributed by atoms with van der Waals surface area (Å²) in [6.45, 7) is 11.0. The van der Waals surface area contributed by atoms with Crippen LogP contribution < -0.4 is 0 Å². The molecule has 0 saturated heterocycles. The van der Waals surface area contributed by atoms with Crippen LogP contribution in [0.5, 0.6) is 0 Å². The van der Waals surface area contributed by atoms with E-state index in [9.17, 15) is 15.0 Å². The van der Waals surface area contributed by atoms with Crippen LogP contribution in [-0.2, 0) is 16.8 Å². The number of nitrogens with zero attached hydrogens (tertiary/aromatic N) is 3. The molecule has 2 N–H and O–H groups in total. The van der Waals surface area contributed by atoms with E-state index in [1.807, 2.05) is 24.4 Å². The molecule has 6 rings (SSSR count). The van der Waals surface area contributed by atoms with Crippen molar-refractivity contribution >= 4 is 23.6 Å². The van der Waals surface area contributed by atoms with Crippen molar-refractivity contribution < 1.29 is 15.0 Å². The van der Waals surface area contributed by atoms with E-state index in [0.29, 0.717) is 12.8 Å². The third kappa shape index (κ3) is 3.71. The van der Waals surface area contributed by atoms with Gasteiger partial charge in [-0.15, -0.1) is 0 Å². The van der Waals surface area contributed by atoms with E-state index in [1.54, 1.807) is 6.20 Å². The van der Waals surface area contributed by atoms with Crippen LogP contribution in [-0.4, -0.2) is 48.2 Å². The Morgan fingerprint density at radius 1 is 1.24 bits per heavy atom. The molecule has 2 aromatic rings. The lowest BCUT2D eigenvalue weighted by atomic mass is 9.45. The summed E-state index contributed by atoms with van der Waals surface area (Å²) in [4.78, 5) is 17.9. The number of allylic oxidation sites excluding steroid dienone is 1. The molecule has 2 aromatic heterocycles. The molecule has 0 amide bonds. The summed E-state index contributed by atoms with van der Waals surface area (Å²) in [6.07, 6.45) is 10.2. The van der Waals surface area contributed by atoms with Crippen molar-refractivity contribution in [1.82, 2.24) is 14.8 Å². The number of pyridine rings is 1. The Morgan fingerprint density at radius 2 is 2.03 bits per heavy atom. The first-order valence-electron chi connectivity index (χ1n) is 14.1. The van der Waals surface area contributed by atoms with Crippen molar-refractivity contribution in [2.24, 2.45) is 28.6 Å². The van der Waals surface area contributed by atoms with Gasteiger partial charge in [-0.3, -0.25) is 9.48 Å². The average Bonchev–Trinajstić information content (AvgIpc) is 3.39. The molecule has 6 nitrogen and oxygen atoms in total. The van der Waals surface area contributed by atoms with Crippen LogP contribution in [0.4, 0.5) is 0 Å². The van der Waals surface area contributed by atoms with Crippen LogP contribution in [0.25, 0.3) is 6.08 Å². The van der Waals surface area contributed by atoms with Crippen LogP contribution in [0.2, 0.25) is 0 Å². The number of carbonyl (C=O) groups excluding carboxylic acids is 1. The standard InChI is InChI=1S/C31H41N3O3S/c1-28(2,3)34-23-14-20-9-10-21-22-11-12-31(37,25(36)18-38-26-8-6-7-13-32-26)30(22,5)16-24(35)27(21)29(20,4)15-19(23)17-33-34/h6-8,13-14,17,21-22,24,27,35,37H,9-12,15-16,18H2,1-5H3/t21?,22?,24-,27?,29?,30?,31-/m0/s1. The largest absolute Gasteiger partial charge is 0.393 e. The second kappa shape index (κ2) is 8.77. The molecular formula is C31H41N3O3S. The van der Waals surface area contributed by atoms with E-state index in [4.69, 9.17) is 5.10 Å². The van der Waals surface area contributed by atoms with Crippen LogP contribution >= 0.6 is 11.8 Å². The molecule has 4 aliphatic carbocycles. The van der Waals surface area contributed by atoms with Gasteiger partial charge in [-0.2, -0.15) is 5.10 Å². The Kier molecular flexibility index (Phi) is 6.06. The number of aliphatic hydroxyl groups excluding tert-OH is 1. The van der Waals surface area contributed by atoms with Crippen molar-refractivity contribution in [3.63, 3.8) is 0 Å². The summed E-state index contributed by atoms with van der Waals surface area (Å²) in [5.41, 5.74) is 1.65. The molecule has 0 bridgehead atoms. The van der Waals surface area contributed by atoms with Gasteiger partial charge >= 0.3 is 0 Å². The van der Waals surface area contributed by atoms with Crippen molar-refractivity contribution in [2.75, 3.05) is 5.75 Å². The van der Waals surface area contributed by atoms with Crippen molar-refractivity contribution in [3.8, 4) is 0 Å². The Hall–Kier alpha value is -1.96. The minimum Gasteiger partial charge on any atom is -0.393 e. The molecule has 38 heavy (non-hydrogen) atoms. The first kappa shape index (κ1) is 26.3. The lowest BCUT2D eigenvalue weighted by molar-refractivity contribution is -0.177. The number of aliphatic hydroxyl groups is 2. The van der Waals surface area contributed by atoms with Crippen LogP contribution in [0, 0.1) is 28.6 Å². The van der Waals surface area contributed by atoms with Gasteiger partial charge in [-0.25, -0.2) is 4.98 Å². The Morgan fingerprint density at radius 3 is 2.74 bits per heavy atom. The monoisotopic (exact) mass is 535 g/mol. The van der Waals surface area contributed by atoms with E-state index in [2.05, 4.69) is 50.4 Å². The Balaban J connectivity index is 1.28. The molecule has 5 unspecified atom stereocenters. The van der Waals surface area contributed by atoms with Crippen molar-refractivity contribution in [2.45, 2.75) is 95.4 Å². The van der Waals surface area contributed by atoms with Gasteiger partial charge in [-0.05, 0) is 106 Å². The lowest BCUT2D eigenvalue weighted by Crippen LogP contribution is -2.62. The highest BCUT2D eigenvalue weighted by molar-refractivity contribution is 7.99. The number of carbonyl (C=O) groups is 1. The first-order chi connectivity index (χ1) is 17.9. The summed E-state index contributed by atoms with van der Waals surface area (Å²) in [7, 11) is 0. The van der Waals surface area contributed by atoms with Gasteiger partial charge in [0.1, 0.15) is 5.60 Å². The van der Waals surface area contributed by atoms with Gasteiger partial charge in [0, 0.05) is 11.6 Å². The van der Waals surface area contributed by atoms with E-state index in [-0.39, 0.29) is 40.2 Å². The van der Waals surface area contributed by atoms with Crippen molar-refractivity contribution in [3.05, 3.63) is 47.4 Å². The van der Waals surface area contributed by atoms with Gasteiger partial charge in [-0.1, -0.05) is 37.2 Å². The van der Waals surface area contributed by atoms with Crippen LogP contribution in [0.1, 0.15) is 78.0 Å². The zero-order valence-corrected chi connectivity index (χ0v) is 24.1. The maximum atomic E-state index is 13.6. The molecule has 7 heteroatoms. The zero-order valence-electron chi connectivity index (χ0n) is 23.3. The van der Waals surface area contributed by atoms with Gasteiger partial charge in [0.15, 0.2) is 5.78 Å². The first-order valence-corrected chi connectivity index (χ1v) is 15.1. The number of fused-ring (bicyclic) bond motifs is 6. The van der Waals surface area contributed by atoms with Crippen LogP contribution in [0.3, 0.4) is 0 Å².